The summed E-state index contributed by atoms with van der Waals surface area (Å²) in [5, 5.41) is 61.1. The number of ether oxygens (including phenoxy) is 2. The highest BCUT2D eigenvalue weighted by Gasteiger charge is 2.66. The average Bonchev–Trinajstić information content (AvgIpc) is 2.89. The van der Waals surface area contributed by atoms with Crippen molar-refractivity contribution in [2.45, 2.75) is 95.3 Å². The number of aliphatic hydroxyl groups excluding tert-OH is 6. The van der Waals surface area contributed by atoms with E-state index >= 15 is 0 Å². The minimum absolute atomic E-state index is 0.154. The van der Waals surface area contributed by atoms with Crippen molar-refractivity contribution in [1.29, 1.82) is 0 Å². The molecule has 1 heterocycles. The Morgan fingerprint density at radius 3 is 2.34 bits per heavy atom. The van der Waals surface area contributed by atoms with Crippen LogP contribution >= 0.6 is 0 Å². The average molecular weight is 417 g/mol. The van der Waals surface area contributed by atoms with Crippen LogP contribution in [0, 0.1) is 22.2 Å². The number of hydrogen-bond acceptors (Lipinski definition) is 8. The van der Waals surface area contributed by atoms with Crippen LogP contribution in [0.3, 0.4) is 0 Å². The summed E-state index contributed by atoms with van der Waals surface area (Å²) < 4.78 is 11.4. The Balaban J connectivity index is 1.49. The Hall–Kier alpha value is -0.320. The SMILES string of the molecule is CC12CCC3C(C)(COC4OC(CO)C(O)C(O)C4O)CC(O)C3(CCC1O)C2. The molecule has 168 valence electrons. The second-order valence-electron chi connectivity index (χ2n) is 10.6. The molecule has 0 aromatic heterocycles. The van der Waals surface area contributed by atoms with Crippen LogP contribution in [0.4, 0.5) is 0 Å². The van der Waals surface area contributed by atoms with Gasteiger partial charge >= 0.3 is 0 Å². The molecular weight excluding hydrogens is 380 g/mol. The largest absolute Gasteiger partial charge is 0.394 e. The number of hydrogen-bond donors (Lipinski definition) is 6. The minimum Gasteiger partial charge on any atom is -0.394 e. The van der Waals surface area contributed by atoms with Gasteiger partial charge in [0, 0.05) is 5.41 Å². The van der Waals surface area contributed by atoms with Gasteiger partial charge in [-0.25, -0.2) is 0 Å². The Morgan fingerprint density at radius 1 is 0.931 bits per heavy atom. The maximum absolute atomic E-state index is 11.1. The molecule has 4 aliphatic rings. The number of rotatable bonds is 4. The van der Waals surface area contributed by atoms with E-state index in [1.165, 1.54) is 0 Å². The Bertz CT molecular complexity index is 615. The zero-order valence-corrected chi connectivity index (χ0v) is 17.3. The predicted molar refractivity (Wildman–Crippen MR) is 102 cm³/mol. The van der Waals surface area contributed by atoms with Gasteiger partial charge in [-0.3, -0.25) is 0 Å². The molecule has 3 saturated carbocycles. The van der Waals surface area contributed by atoms with Crippen molar-refractivity contribution in [2.75, 3.05) is 13.2 Å². The molecule has 29 heavy (non-hydrogen) atoms. The second kappa shape index (κ2) is 7.38. The van der Waals surface area contributed by atoms with Crippen LogP contribution in [0.1, 0.15) is 52.4 Å². The van der Waals surface area contributed by atoms with Crippen molar-refractivity contribution in [3.63, 3.8) is 0 Å². The lowest BCUT2D eigenvalue weighted by Gasteiger charge is -2.57. The van der Waals surface area contributed by atoms with Crippen LogP contribution in [-0.4, -0.2) is 86.8 Å². The fourth-order valence-corrected chi connectivity index (χ4v) is 7.01. The van der Waals surface area contributed by atoms with Gasteiger partial charge in [0.15, 0.2) is 6.29 Å². The number of fused-ring (bicyclic) bond motifs is 1. The molecule has 1 aliphatic heterocycles. The van der Waals surface area contributed by atoms with Crippen LogP contribution in [0.15, 0.2) is 0 Å². The maximum Gasteiger partial charge on any atom is 0.186 e. The summed E-state index contributed by atoms with van der Waals surface area (Å²) in [5.74, 6) is 0.232. The van der Waals surface area contributed by atoms with Gasteiger partial charge in [-0.05, 0) is 55.3 Å². The molecule has 11 atom stereocenters. The monoisotopic (exact) mass is 416 g/mol. The summed E-state index contributed by atoms with van der Waals surface area (Å²) in [7, 11) is 0. The molecule has 8 heteroatoms. The zero-order chi connectivity index (χ0) is 21.2. The van der Waals surface area contributed by atoms with Gasteiger partial charge in [-0.2, -0.15) is 0 Å². The van der Waals surface area contributed by atoms with E-state index in [2.05, 4.69) is 13.8 Å². The molecule has 1 spiro atoms. The van der Waals surface area contributed by atoms with E-state index in [4.69, 9.17) is 9.47 Å². The molecule has 0 amide bonds. The first-order valence-corrected chi connectivity index (χ1v) is 10.8. The predicted octanol–water partition coefficient (Wildman–Crippen LogP) is -0.479. The van der Waals surface area contributed by atoms with Crippen LogP contribution in [0.2, 0.25) is 0 Å². The topological polar surface area (TPSA) is 140 Å². The van der Waals surface area contributed by atoms with Crippen molar-refractivity contribution in [1.82, 2.24) is 0 Å². The first kappa shape index (κ1) is 21.9. The molecule has 0 aromatic rings. The molecule has 6 N–H and O–H groups in total. The van der Waals surface area contributed by atoms with Crippen LogP contribution in [0.25, 0.3) is 0 Å². The Morgan fingerprint density at radius 2 is 1.66 bits per heavy atom. The van der Waals surface area contributed by atoms with E-state index in [9.17, 15) is 30.6 Å². The lowest BCUT2D eigenvalue weighted by Crippen LogP contribution is -2.59. The Labute approximate surface area is 171 Å². The first-order chi connectivity index (χ1) is 13.6. The van der Waals surface area contributed by atoms with E-state index in [1.807, 2.05) is 0 Å². The maximum atomic E-state index is 11.1. The third-order valence-electron chi connectivity index (χ3n) is 8.71. The highest BCUT2D eigenvalue weighted by molar-refractivity contribution is 5.15. The smallest absolute Gasteiger partial charge is 0.186 e. The fourth-order valence-electron chi connectivity index (χ4n) is 7.01. The van der Waals surface area contributed by atoms with Gasteiger partial charge in [0.2, 0.25) is 0 Å². The van der Waals surface area contributed by atoms with Crippen molar-refractivity contribution < 1.29 is 40.1 Å². The zero-order valence-electron chi connectivity index (χ0n) is 17.3. The molecular formula is C21H36O8. The summed E-state index contributed by atoms with van der Waals surface area (Å²) in [5.41, 5.74) is -0.708. The first-order valence-electron chi connectivity index (χ1n) is 10.8. The summed E-state index contributed by atoms with van der Waals surface area (Å²) in [6, 6.07) is 0. The lowest BCUT2D eigenvalue weighted by molar-refractivity contribution is -0.307. The van der Waals surface area contributed by atoms with Gasteiger partial charge in [-0.1, -0.05) is 13.8 Å². The summed E-state index contributed by atoms with van der Waals surface area (Å²) in [4.78, 5) is 0. The molecule has 11 unspecified atom stereocenters. The summed E-state index contributed by atoms with van der Waals surface area (Å²) in [6.07, 6.45) is -2.55. The minimum atomic E-state index is -1.46. The lowest BCUT2D eigenvalue weighted by atomic mass is 9.49. The summed E-state index contributed by atoms with van der Waals surface area (Å²) >= 11 is 0. The van der Waals surface area contributed by atoms with E-state index < -0.39 is 43.4 Å². The fraction of sp³-hybridized carbons (Fsp3) is 1.00. The quantitative estimate of drug-likeness (QED) is 0.361. The van der Waals surface area contributed by atoms with E-state index in [-0.39, 0.29) is 34.9 Å². The second-order valence-corrected chi connectivity index (χ2v) is 10.6. The third kappa shape index (κ3) is 3.27. The highest BCUT2D eigenvalue weighted by Crippen LogP contribution is 2.68. The van der Waals surface area contributed by atoms with Gasteiger partial charge in [0.05, 0.1) is 25.4 Å². The van der Waals surface area contributed by atoms with Gasteiger partial charge in [0.1, 0.15) is 24.4 Å². The molecule has 3 aliphatic carbocycles. The van der Waals surface area contributed by atoms with E-state index in [0.717, 1.165) is 25.7 Å². The van der Waals surface area contributed by atoms with Gasteiger partial charge in [0.25, 0.3) is 0 Å². The van der Waals surface area contributed by atoms with E-state index in [1.54, 1.807) is 0 Å². The standard InChI is InChI=1S/C21H36O8/c1-19-5-3-12-20(2,7-14(24)21(12,9-19)6-4-13(19)23)10-28-18-17(27)16(26)15(25)11(8-22)29-18/h11-18,22-27H,3-10H2,1-2H3. The van der Waals surface area contributed by atoms with Crippen molar-refractivity contribution in [2.24, 2.45) is 22.2 Å². The van der Waals surface area contributed by atoms with E-state index in [0.29, 0.717) is 12.8 Å². The molecule has 4 fully saturated rings. The third-order valence-corrected chi connectivity index (χ3v) is 8.71. The van der Waals surface area contributed by atoms with Crippen molar-refractivity contribution >= 4 is 0 Å². The Kier molecular flexibility index (Phi) is 5.57. The van der Waals surface area contributed by atoms with Crippen molar-refractivity contribution in [3.8, 4) is 0 Å². The molecule has 0 radical (unpaired) electrons. The normalized spacial score (nSPS) is 57.5. The molecule has 4 rings (SSSR count). The molecule has 1 saturated heterocycles. The van der Waals surface area contributed by atoms with Gasteiger partial charge < -0.3 is 40.1 Å². The molecule has 8 nitrogen and oxygen atoms in total. The molecule has 2 bridgehead atoms. The highest BCUT2D eigenvalue weighted by atomic mass is 16.7. The van der Waals surface area contributed by atoms with Crippen LogP contribution in [-0.2, 0) is 9.47 Å². The van der Waals surface area contributed by atoms with Crippen LogP contribution < -0.4 is 0 Å². The molecule has 0 aromatic carbocycles. The van der Waals surface area contributed by atoms with Crippen molar-refractivity contribution in [3.05, 3.63) is 0 Å². The summed E-state index contributed by atoms with van der Waals surface area (Å²) in [6.45, 7) is 3.96. The van der Waals surface area contributed by atoms with Crippen LogP contribution in [0.5, 0.6) is 0 Å². The number of aliphatic hydroxyl groups is 6. The van der Waals surface area contributed by atoms with Gasteiger partial charge in [-0.15, -0.1) is 0 Å².